The van der Waals surface area contributed by atoms with Crippen LogP contribution >= 0.6 is 0 Å². The van der Waals surface area contributed by atoms with E-state index in [1.54, 1.807) is 0 Å². The fourth-order valence-electron chi connectivity index (χ4n) is 6.73. The third-order valence-electron chi connectivity index (χ3n) is 8.12. The van der Waals surface area contributed by atoms with Crippen molar-refractivity contribution in [3.8, 4) is 0 Å². The monoisotopic (exact) mass is 407 g/mol. The highest BCUT2D eigenvalue weighted by Gasteiger charge is 2.62. The molecular formula is C23H37NO5. The molecule has 0 bridgehead atoms. The molecule has 0 aromatic carbocycles. The topological polar surface area (TPSA) is 65.1 Å². The third-order valence-corrected chi connectivity index (χ3v) is 8.12. The lowest BCUT2D eigenvalue weighted by Gasteiger charge is -2.41. The van der Waals surface area contributed by atoms with Gasteiger partial charge in [-0.15, -0.1) is 0 Å². The van der Waals surface area contributed by atoms with Crippen molar-refractivity contribution in [2.24, 2.45) is 23.7 Å². The Morgan fingerprint density at radius 1 is 1.34 bits per heavy atom. The van der Waals surface area contributed by atoms with Gasteiger partial charge in [-0.1, -0.05) is 33.6 Å². The highest BCUT2D eigenvalue weighted by atomic mass is 16.6. The summed E-state index contributed by atoms with van der Waals surface area (Å²) in [5.41, 5.74) is -0.249. The van der Waals surface area contributed by atoms with Crippen LogP contribution in [0.2, 0.25) is 0 Å². The number of ether oxygens (including phenoxy) is 3. The molecular weight excluding hydrogens is 370 g/mol. The van der Waals surface area contributed by atoms with Gasteiger partial charge in [0.2, 0.25) is 0 Å². The number of rotatable bonds is 5. The van der Waals surface area contributed by atoms with E-state index in [1.165, 1.54) is 26.4 Å². The Bertz CT molecular complexity index is 639. The summed E-state index contributed by atoms with van der Waals surface area (Å²) in [5, 5.41) is 0. The molecule has 0 aliphatic carbocycles. The predicted octanol–water partition coefficient (Wildman–Crippen LogP) is 3.52. The average molecular weight is 408 g/mol. The van der Waals surface area contributed by atoms with Crippen LogP contribution in [0, 0.1) is 23.7 Å². The Balaban J connectivity index is 1.58. The Morgan fingerprint density at radius 2 is 2.14 bits per heavy atom. The van der Waals surface area contributed by atoms with Crippen molar-refractivity contribution < 1.29 is 23.8 Å². The Morgan fingerprint density at radius 3 is 2.79 bits per heavy atom. The molecule has 0 amide bonds. The van der Waals surface area contributed by atoms with E-state index in [0.717, 1.165) is 38.6 Å². The minimum atomic E-state index is -0.249. The number of carbonyl (C=O) groups is 2. The van der Waals surface area contributed by atoms with Gasteiger partial charge in [0.1, 0.15) is 11.8 Å². The first kappa shape index (κ1) is 21.1. The molecule has 4 rings (SSSR count). The quantitative estimate of drug-likeness (QED) is 0.650. The number of hydrogen-bond donors (Lipinski definition) is 0. The van der Waals surface area contributed by atoms with Crippen LogP contribution in [0.15, 0.2) is 0 Å². The second-order valence-electron chi connectivity index (χ2n) is 9.75. The summed E-state index contributed by atoms with van der Waals surface area (Å²) in [5.74, 6) is 0.601. The van der Waals surface area contributed by atoms with E-state index in [-0.39, 0.29) is 47.7 Å². The maximum atomic E-state index is 12.0. The summed E-state index contributed by atoms with van der Waals surface area (Å²) in [4.78, 5) is 26.7. The van der Waals surface area contributed by atoms with Crippen molar-refractivity contribution >= 4 is 11.9 Å². The first-order chi connectivity index (χ1) is 13.9. The number of methoxy groups -OCH3 is 1. The van der Waals surface area contributed by atoms with Crippen LogP contribution < -0.4 is 0 Å². The summed E-state index contributed by atoms with van der Waals surface area (Å²) in [6.07, 6.45) is 8.30. The Labute approximate surface area is 174 Å². The molecule has 6 nitrogen and oxygen atoms in total. The fraction of sp³-hybridized carbons (Fsp3) is 0.913. The number of esters is 2. The number of nitrogens with zero attached hydrogens (tertiary/aromatic N) is 1. The van der Waals surface area contributed by atoms with Crippen LogP contribution in [0.4, 0.5) is 0 Å². The lowest BCUT2D eigenvalue weighted by atomic mass is 9.77. The van der Waals surface area contributed by atoms with Gasteiger partial charge in [0, 0.05) is 18.5 Å². The molecule has 4 saturated heterocycles. The summed E-state index contributed by atoms with van der Waals surface area (Å²) in [6.45, 7) is 7.19. The molecule has 4 aliphatic heterocycles. The predicted molar refractivity (Wildman–Crippen MR) is 108 cm³/mol. The standard InChI is InChI=1S/C23H37NO5/c1-5-16-17-8-6-7-11-24-18(20-13-15(3)22(26)28-20)9-10-23(17,24)29-19(16)12-14(2)21(25)27-4/h14-20H,5-13H2,1-4H3/t14-,15-,16?,17?,18?,19?,20?,23-/m0/s1. The average Bonchev–Trinajstić information content (AvgIpc) is 3.29. The van der Waals surface area contributed by atoms with E-state index >= 15 is 0 Å². The van der Waals surface area contributed by atoms with E-state index in [9.17, 15) is 9.59 Å². The second-order valence-corrected chi connectivity index (χ2v) is 9.75. The first-order valence-electron chi connectivity index (χ1n) is 11.6. The van der Waals surface area contributed by atoms with Crippen LogP contribution in [0.1, 0.15) is 72.1 Å². The van der Waals surface area contributed by atoms with Gasteiger partial charge in [-0.2, -0.15) is 0 Å². The lowest BCUT2D eigenvalue weighted by Crippen LogP contribution is -2.53. The van der Waals surface area contributed by atoms with Gasteiger partial charge in [0.05, 0.1) is 25.0 Å². The molecule has 0 saturated carbocycles. The van der Waals surface area contributed by atoms with Crippen molar-refractivity contribution in [3.05, 3.63) is 0 Å². The lowest BCUT2D eigenvalue weighted by molar-refractivity contribution is -0.169. The van der Waals surface area contributed by atoms with E-state index in [0.29, 0.717) is 11.8 Å². The highest BCUT2D eigenvalue weighted by molar-refractivity contribution is 5.74. The maximum Gasteiger partial charge on any atom is 0.309 e. The third kappa shape index (κ3) is 3.50. The molecule has 0 aromatic rings. The van der Waals surface area contributed by atoms with Crippen LogP contribution in [0.5, 0.6) is 0 Å². The smallest absolute Gasteiger partial charge is 0.309 e. The normalized spacial score (nSPS) is 43.4. The van der Waals surface area contributed by atoms with Gasteiger partial charge in [-0.25, -0.2) is 0 Å². The minimum Gasteiger partial charge on any atom is -0.469 e. The van der Waals surface area contributed by atoms with E-state index < -0.39 is 0 Å². The maximum absolute atomic E-state index is 12.0. The van der Waals surface area contributed by atoms with E-state index in [4.69, 9.17) is 14.2 Å². The van der Waals surface area contributed by atoms with Gasteiger partial charge in [0.25, 0.3) is 0 Å². The van der Waals surface area contributed by atoms with Crippen molar-refractivity contribution in [3.63, 3.8) is 0 Å². The molecule has 0 N–H and O–H groups in total. The second kappa shape index (κ2) is 8.18. The number of cyclic esters (lactones) is 1. The van der Waals surface area contributed by atoms with Crippen LogP contribution in [0.3, 0.4) is 0 Å². The highest BCUT2D eigenvalue weighted by Crippen LogP contribution is 2.56. The molecule has 1 spiro atoms. The van der Waals surface area contributed by atoms with Gasteiger partial charge in [0.15, 0.2) is 0 Å². The molecule has 29 heavy (non-hydrogen) atoms. The summed E-state index contributed by atoms with van der Waals surface area (Å²) >= 11 is 0. The van der Waals surface area contributed by atoms with Gasteiger partial charge >= 0.3 is 11.9 Å². The van der Waals surface area contributed by atoms with E-state index in [1.807, 2.05) is 13.8 Å². The number of hydrogen-bond acceptors (Lipinski definition) is 6. The largest absolute Gasteiger partial charge is 0.469 e. The van der Waals surface area contributed by atoms with Crippen molar-refractivity contribution in [2.45, 2.75) is 96.1 Å². The van der Waals surface area contributed by atoms with Crippen molar-refractivity contribution in [1.29, 1.82) is 0 Å². The number of carbonyl (C=O) groups excluding carboxylic acids is 2. The molecule has 0 aromatic heterocycles. The fourth-order valence-corrected chi connectivity index (χ4v) is 6.73. The SMILES string of the molecule is CCC1C(C[C@H](C)C(=O)OC)O[C@]23CCC(C4C[C@H](C)C(=O)O4)N2CCCCC13. The molecule has 5 unspecified atom stereocenters. The van der Waals surface area contributed by atoms with Gasteiger partial charge in [-0.3, -0.25) is 14.5 Å². The van der Waals surface area contributed by atoms with Crippen molar-refractivity contribution in [2.75, 3.05) is 13.7 Å². The van der Waals surface area contributed by atoms with Crippen LogP contribution in [0.25, 0.3) is 0 Å². The molecule has 0 radical (unpaired) electrons. The molecule has 4 aliphatic rings. The molecule has 164 valence electrons. The van der Waals surface area contributed by atoms with Crippen LogP contribution in [-0.2, 0) is 23.8 Å². The molecule has 8 atom stereocenters. The zero-order valence-corrected chi connectivity index (χ0v) is 18.4. The van der Waals surface area contributed by atoms with Crippen LogP contribution in [-0.4, -0.2) is 54.5 Å². The zero-order valence-electron chi connectivity index (χ0n) is 18.4. The minimum absolute atomic E-state index is 0.000802. The van der Waals surface area contributed by atoms with Gasteiger partial charge < -0.3 is 14.2 Å². The van der Waals surface area contributed by atoms with Gasteiger partial charge in [-0.05, 0) is 44.4 Å². The molecule has 4 fully saturated rings. The Hall–Kier alpha value is -1.14. The molecule has 4 heterocycles. The van der Waals surface area contributed by atoms with E-state index in [2.05, 4.69) is 11.8 Å². The van der Waals surface area contributed by atoms with Crippen molar-refractivity contribution in [1.82, 2.24) is 4.90 Å². The zero-order chi connectivity index (χ0) is 20.8. The first-order valence-corrected chi connectivity index (χ1v) is 11.6. The summed E-state index contributed by atoms with van der Waals surface area (Å²) < 4.78 is 17.7. The summed E-state index contributed by atoms with van der Waals surface area (Å²) in [7, 11) is 1.46. The summed E-state index contributed by atoms with van der Waals surface area (Å²) in [6, 6.07) is 0.263. The molecule has 6 heteroatoms. The Kier molecular flexibility index (Phi) is 5.95.